The predicted octanol–water partition coefficient (Wildman–Crippen LogP) is 4.00. The topological polar surface area (TPSA) is 39.7 Å². The minimum atomic E-state index is 0. The molecule has 0 aromatic heterocycles. The number of piperidine rings is 1. The highest BCUT2D eigenvalue weighted by Gasteiger charge is 2.18. The molecule has 0 saturated carbocycles. The third kappa shape index (κ3) is 7.82. The number of aryl methyl sites for hydroxylation is 1. The lowest BCUT2D eigenvalue weighted by Gasteiger charge is -2.32. The quantitative estimate of drug-likeness (QED) is 0.358. The number of nitrogens with one attached hydrogen (secondary N) is 2. The fourth-order valence-corrected chi connectivity index (χ4v) is 3.42. The highest BCUT2D eigenvalue weighted by molar-refractivity contribution is 14.0. The number of aliphatic imine (C=N–C) groups is 1. The Hall–Kier alpha value is -0.820. The van der Waals surface area contributed by atoms with Crippen molar-refractivity contribution in [2.75, 3.05) is 39.3 Å². The van der Waals surface area contributed by atoms with Crippen molar-refractivity contribution < 1.29 is 0 Å². The van der Waals surface area contributed by atoms with Gasteiger partial charge in [-0.3, -0.25) is 4.99 Å². The molecule has 1 heterocycles. The van der Waals surface area contributed by atoms with Gasteiger partial charge in [0.2, 0.25) is 0 Å². The van der Waals surface area contributed by atoms with Crippen molar-refractivity contribution in [3.63, 3.8) is 0 Å². The number of halogens is 1. The Labute approximate surface area is 177 Å². The molecule has 2 unspecified atom stereocenters. The molecule has 4 nitrogen and oxygen atoms in total. The zero-order chi connectivity index (χ0) is 18.1. The fourth-order valence-electron chi connectivity index (χ4n) is 3.42. The van der Waals surface area contributed by atoms with Gasteiger partial charge < -0.3 is 15.5 Å². The van der Waals surface area contributed by atoms with Gasteiger partial charge in [0.15, 0.2) is 5.96 Å². The number of rotatable bonds is 7. The van der Waals surface area contributed by atoms with Gasteiger partial charge in [-0.05, 0) is 51.3 Å². The van der Waals surface area contributed by atoms with E-state index >= 15 is 0 Å². The van der Waals surface area contributed by atoms with Crippen molar-refractivity contribution in [2.24, 2.45) is 10.9 Å². The van der Waals surface area contributed by atoms with E-state index in [2.05, 4.69) is 67.5 Å². The fraction of sp³-hybridized carbons (Fsp3) is 0.667. The van der Waals surface area contributed by atoms with Crippen LogP contribution < -0.4 is 10.6 Å². The van der Waals surface area contributed by atoms with E-state index in [-0.39, 0.29) is 24.0 Å². The Kier molecular flexibility index (Phi) is 11.2. The van der Waals surface area contributed by atoms with E-state index in [9.17, 15) is 0 Å². The summed E-state index contributed by atoms with van der Waals surface area (Å²) in [6.45, 7) is 15.1. The van der Waals surface area contributed by atoms with Crippen LogP contribution >= 0.6 is 24.0 Å². The molecular weight excluding hydrogens is 435 g/mol. The van der Waals surface area contributed by atoms with Crippen LogP contribution in [0.4, 0.5) is 0 Å². The van der Waals surface area contributed by atoms with Crippen molar-refractivity contribution in [3.8, 4) is 0 Å². The van der Waals surface area contributed by atoms with Crippen LogP contribution in [-0.4, -0.2) is 50.1 Å². The van der Waals surface area contributed by atoms with Crippen LogP contribution in [0.1, 0.15) is 50.7 Å². The number of likely N-dealkylation sites (tertiary alicyclic amines) is 1. The first-order valence-electron chi connectivity index (χ1n) is 9.93. The summed E-state index contributed by atoms with van der Waals surface area (Å²) in [6, 6.07) is 8.80. The van der Waals surface area contributed by atoms with E-state index in [1.165, 1.54) is 43.6 Å². The Morgan fingerprint density at radius 1 is 1.23 bits per heavy atom. The average Bonchev–Trinajstić information content (AvgIpc) is 2.64. The average molecular weight is 472 g/mol. The van der Waals surface area contributed by atoms with Crippen molar-refractivity contribution in [2.45, 2.75) is 46.5 Å². The van der Waals surface area contributed by atoms with Crippen molar-refractivity contribution in [1.82, 2.24) is 15.5 Å². The zero-order valence-corrected chi connectivity index (χ0v) is 19.3. The molecular formula is C21H37IN4. The van der Waals surface area contributed by atoms with Gasteiger partial charge in [0.1, 0.15) is 0 Å². The van der Waals surface area contributed by atoms with Crippen molar-refractivity contribution in [3.05, 3.63) is 35.4 Å². The molecule has 1 saturated heterocycles. The summed E-state index contributed by atoms with van der Waals surface area (Å²) in [7, 11) is 0. The molecule has 1 aliphatic rings. The normalized spacial score (nSPS) is 19.5. The second-order valence-electron chi connectivity index (χ2n) is 7.31. The monoisotopic (exact) mass is 472 g/mol. The largest absolute Gasteiger partial charge is 0.357 e. The molecule has 1 aromatic carbocycles. The van der Waals surface area contributed by atoms with Gasteiger partial charge in [-0.15, -0.1) is 24.0 Å². The lowest BCUT2D eigenvalue weighted by molar-refractivity contribution is 0.183. The molecule has 5 heteroatoms. The van der Waals surface area contributed by atoms with E-state index in [4.69, 9.17) is 4.99 Å². The van der Waals surface area contributed by atoms with Crippen LogP contribution in [0.15, 0.2) is 29.3 Å². The van der Waals surface area contributed by atoms with Gasteiger partial charge >= 0.3 is 0 Å². The van der Waals surface area contributed by atoms with E-state index in [1.54, 1.807) is 0 Å². The predicted molar refractivity (Wildman–Crippen MR) is 124 cm³/mol. The van der Waals surface area contributed by atoms with Crippen molar-refractivity contribution >= 4 is 29.9 Å². The lowest BCUT2D eigenvalue weighted by atomic mass is 9.98. The first-order valence-corrected chi connectivity index (χ1v) is 9.93. The van der Waals surface area contributed by atoms with E-state index < -0.39 is 0 Å². The van der Waals surface area contributed by atoms with Crippen LogP contribution in [0.5, 0.6) is 0 Å². The number of guanidine groups is 1. The summed E-state index contributed by atoms with van der Waals surface area (Å²) in [5.74, 6) is 2.11. The number of hydrogen-bond acceptors (Lipinski definition) is 2. The highest BCUT2D eigenvalue weighted by atomic mass is 127. The maximum absolute atomic E-state index is 4.82. The van der Waals surface area contributed by atoms with Crippen LogP contribution in [0.25, 0.3) is 0 Å². The summed E-state index contributed by atoms with van der Waals surface area (Å²) in [5.41, 5.74) is 2.67. The number of hydrogen-bond donors (Lipinski definition) is 2. The number of nitrogens with zero attached hydrogens (tertiary/aromatic N) is 2. The maximum atomic E-state index is 4.82. The molecule has 0 radical (unpaired) electrons. The van der Waals surface area contributed by atoms with Gasteiger partial charge in [-0.25, -0.2) is 0 Å². The summed E-state index contributed by atoms with van der Waals surface area (Å²) in [5, 5.41) is 6.95. The van der Waals surface area contributed by atoms with Gasteiger partial charge in [-0.2, -0.15) is 0 Å². The van der Waals surface area contributed by atoms with Gasteiger partial charge in [-0.1, -0.05) is 43.7 Å². The Bertz CT molecular complexity index is 529. The molecule has 2 rings (SSSR count). The minimum absolute atomic E-state index is 0. The first kappa shape index (κ1) is 23.2. The zero-order valence-electron chi connectivity index (χ0n) is 16.9. The third-order valence-electron chi connectivity index (χ3n) is 5.12. The molecule has 0 bridgehead atoms. The standard InChI is InChI=1S/C21H36N4.HI/c1-5-22-21(24-15-19-8-7-13-25(6-2)16-19)23-14-18(4)20-11-9-17(3)10-12-20;/h9-12,18-19H,5-8,13-16H2,1-4H3,(H2,22,23,24);1H. The molecule has 2 atom stereocenters. The molecule has 26 heavy (non-hydrogen) atoms. The van der Waals surface area contributed by atoms with Gasteiger partial charge in [0, 0.05) is 32.1 Å². The van der Waals surface area contributed by atoms with Crippen LogP contribution in [0.3, 0.4) is 0 Å². The smallest absolute Gasteiger partial charge is 0.191 e. The summed E-state index contributed by atoms with van der Waals surface area (Å²) >= 11 is 0. The molecule has 1 aromatic rings. The summed E-state index contributed by atoms with van der Waals surface area (Å²) < 4.78 is 0. The minimum Gasteiger partial charge on any atom is -0.357 e. The Balaban J connectivity index is 0.00000338. The van der Waals surface area contributed by atoms with Crippen LogP contribution in [0.2, 0.25) is 0 Å². The molecule has 0 amide bonds. The summed E-state index contributed by atoms with van der Waals surface area (Å²) in [4.78, 5) is 7.37. The second kappa shape index (κ2) is 12.5. The van der Waals surface area contributed by atoms with E-state index in [1.807, 2.05) is 0 Å². The van der Waals surface area contributed by atoms with E-state index in [0.717, 1.165) is 31.5 Å². The Morgan fingerprint density at radius 2 is 1.96 bits per heavy atom. The molecule has 1 fully saturated rings. The van der Waals surface area contributed by atoms with Crippen LogP contribution in [0, 0.1) is 12.8 Å². The second-order valence-corrected chi connectivity index (χ2v) is 7.31. The van der Waals surface area contributed by atoms with Gasteiger partial charge in [0.05, 0.1) is 0 Å². The Morgan fingerprint density at radius 3 is 2.62 bits per heavy atom. The molecule has 148 valence electrons. The van der Waals surface area contributed by atoms with Crippen LogP contribution in [-0.2, 0) is 0 Å². The van der Waals surface area contributed by atoms with Crippen molar-refractivity contribution in [1.29, 1.82) is 0 Å². The first-order chi connectivity index (χ1) is 12.1. The highest BCUT2D eigenvalue weighted by Crippen LogP contribution is 2.17. The molecule has 0 spiro atoms. The molecule has 2 N–H and O–H groups in total. The molecule has 1 aliphatic heterocycles. The summed E-state index contributed by atoms with van der Waals surface area (Å²) in [6.07, 6.45) is 2.64. The number of benzene rings is 1. The van der Waals surface area contributed by atoms with Gasteiger partial charge in [0.25, 0.3) is 0 Å². The SMILES string of the molecule is CCNC(=NCC(C)c1ccc(C)cc1)NCC1CCCN(CC)C1.I. The third-order valence-corrected chi connectivity index (χ3v) is 5.12. The van der Waals surface area contributed by atoms with E-state index in [0.29, 0.717) is 5.92 Å². The maximum Gasteiger partial charge on any atom is 0.191 e. The molecule has 0 aliphatic carbocycles. The lowest BCUT2D eigenvalue weighted by Crippen LogP contribution is -2.44.